The molecule has 0 radical (unpaired) electrons. The van der Waals surface area contributed by atoms with E-state index in [1.807, 2.05) is 13.8 Å². The van der Waals surface area contributed by atoms with Gasteiger partial charge in [0.05, 0.1) is 23.8 Å². The third kappa shape index (κ3) is 8.48. The van der Waals surface area contributed by atoms with Gasteiger partial charge in [-0.2, -0.15) is 49.8 Å². The first-order chi connectivity index (χ1) is 20.8. The summed E-state index contributed by atoms with van der Waals surface area (Å²) in [6.45, 7) is 4.76. The maximum Gasteiger partial charge on any atom is 0.416 e. The van der Waals surface area contributed by atoms with Crippen molar-refractivity contribution in [2.45, 2.75) is 63.8 Å². The van der Waals surface area contributed by atoms with Crippen LogP contribution in [0.1, 0.15) is 66.1 Å². The number of ether oxygens (including phenoxy) is 1. The molecule has 3 rings (SSSR count). The van der Waals surface area contributed by atoms with E-state index in [4.69, 9.17) is 15.7 Å². The maximum atomic E-state index is 13.8. The van der Waals surface area contributed by atoms with Crippen molar-refractivity contribution in [2.24, 2.45) is 10.7 Å². The fourth-order valence-corrected chi connectivity index (χ4v) is 4.70. The lowest BCUT2D eigenvalue weighted by Gasteiger charge is -2.33. The van der Waals surface area contributed by atoms with E-state index in [0.717, 1.165) is 24.0 Å². The van der Waals surface area contributed by atoms with E-state index < -0.39 is 59.4 Å². The topological polar surface area (TPSA) is 74.6 Å². The molecule has 45 heavy (non-hydrogen) atoms. The molecule has 5 nitrogen and oxygen atoms in total. The summed E-state index contributed by atoms with van der Waals surface area (Å²) in [7, 11) is 1.38. The minimum atomic E-state index is -5.13. The Labute approximate surface area is 253 Å². The maximum absolute atomic E-state index is 13.8. The molecule has 0 unspecified atom stereocenters. The van der Waals surface area contributed by atoms with Gasteiger partial charge in [-0.05, 0) is 77.6 Å². The van der Waals surface area contributed by atoms with Crippen LogP contribution in [0.3, 0.4) is 0 Å². The van der Waals surface area contributed by atoms with E-state index in [9.17, 15) is 39.5 Å². The fourth-order valence-electron chi connectivity index (χ4n) is 4.70. The van der Waals surface area contributed by atoms with Crippen LogP contribution in [0.4, 0.5) is 39.5 Å². The van der Waals surface area contributed by atoms with Gasteiger partial charge < -0.3 is 15.4 Å². The van der Waals surface area contributed by atoms with Gasteiger partial charge in [0.2, 0.25) is 6.19 Å². The second-order valence-electron chi connectivity index (χ2n) is 10.6. The third-order valence-corrected chi connectivity index (χ3v) is 7.27. The number of halogens is 9. The first kappa shape index (κ1) is 35.2. The van der Waals surface area contributed by atoms with Gasteiger partial charge >= 0.3 is 18.5 Å². The largest absolute Gasteiger partial charge is 0.496 e. The van der Waals surface area contributed by atoms with Crippen LogP contribution in [0.25, 0.3) is 11.1 Å². The minimum absolute atomic E-state index is 0.0383. The Kier molecular flexibility index (Phi) is 10.5. The van der Waals surface area contributed by atoms with E-state index in [1.165, 1.54) is 31.2 Å². The summed E-state index contributed by atoms with van der Waals surface area (Å²) in [6.07, 6.45) is -12.6. The van der Waals surface area contributed by atoms with Gasteiger partial charge in [-0.1, -0.05) is 26.0 Å². The number of nitrogens with zero attached hydrogens (tertiary/aromatic N) is 3. The quantitative estimate of drug-likeness (QED) is 0.109. The molecule has 3 aromatic rings. The number of benzene rings is 3. The Hall–Kier alpha value is -4.25. The number of methoxy groups -OCH3 is 1. The van der Waals surface area contributed by atoms with Gasteiger partial charge in [-0.15, -0.1) is 0 Å². The number of nitrogens with two attached hydrogens (primary N) is 1. The molecule has 3 aromatic carbocycles. The van der Waals surface area contributed by atoms with Gasteiger partial charge in [0, 0.05) is 24.2 Å². The van der Waals surface area contributed by atoms with Gasteiger partial charge in [0.15, 0.2) is 0 Å². The van der Waals surface area contributed by atoms with Crippen molar-refractivity contribution in [1.82, 2.24) is 4.90 Å². The predicted octanol–water partition coefficient (Wildman–Crippen LogP) is 8.94. The molecule has 0 saturated heterocycles. The van der Waals surface area contributed by atoms with E-state index in [-0.39, 0.29) is 17.5 Å². The highest BCUT2D eigenvalue weighted by Crippen LogP contribution is 2.40. The van der Waals surface area contributed by atoms with E-state index in [2.05, 4.69) is 4.99 Å². The molecule has 14 heteroatoms. The predicted molar refractivity (Wildman–Crippen MR) is 150 cm³/mol. The van der Waals surface area contributed by atoms with E-state index in [0.29, 0.717) is 29.0 Å². The van der Waals surface area contributed by atoms with Crippen molar-refractivity contribution in [3.05, 3.63) is 88.0 Å². The highest BCUT2D eigenvalue weighted by molar-refractivity contribution is 5.75. The summed E-state index contributed by atoms with van der Waals surface area (Å²) in [5.74, 6) is 0.380. The van der Waals surface area contributed by atoms with Crippen LogP contribution in [0.5, 0.6) is 5.75 Å². The summed E-state index contributed by atoms with van der Waals surface area (Å²) >= 11 is 0. The van der Waals surface area contributed by atoms with Crippen molar-refractivity contribution in [2.75, 3.05) is 7.11 Å². The zero-order valence-corrected chi connectivity index (χ0v) is 24.4. The summed E-state index contributed by atoms with van der Waals surface area (Å²) in [5, 5.41) is 9.08. The van der Waals surface area contributed by atoms with Gasteiger partial charge in [0.25, 0.3) is 0 Å². The molecular formula is C31H29F9N4O. The normalized spacial score (nSPS) is 14.0. The summed E-state index contributed by atoms with van der Waals surface area (Å²) in [4.78, 5) is 4.65. The Morgan fingerprint density at radius 2 is 1.38 bits per heavy atom. The molecule has 0 bridgehead atoms. The first-order valence-electron chi connectivity index (χ1n) is 13.4. The number of rotatable bonds is 9. The zero-order valence-electron chi connectivity index (χ0n) is 24.4. The van der Waals surface area contributed by atoms with Crippen molar-refractivity contribution in [3.8, 4) is 23.1 Å². The van der Waals surface area contributed by atoms with Crippen LogP contribution in [-0.4, -0.2) is 24.4 Å². The number of aliphatic imine (C=N–C) groups is 1. The van der Waals surface area contributed by atoms with Gasteiger partial charge in [-0.3, -0.25) is 0 Å². The lowest BCUT2D eigenvalue weighted by Crippen LogP contribution is -2.40. The van der Waals surface area contributed by atoms with Crippen molar-refractivity contribution in [3.63, 3.8) is 0 Å². The molecule has 2 N–H and O–H groups in total. The van der Waals surface area contributed by atoms with Crippen LogP contribution in [0, 0.1) is 11.5 Å². The standard InChI is InChI=1S/C31H29F9N4O/c1-17(2)19-5-8-27(45-4)26(12-19)25-7-6-22(29(32,33)34)11-21(25)14-44(16-43-15-41)18(3)28(42)20-9-23(30(35,36)37)13-24(10-20)31(38,39)40/h5-13,16-18,28H,14,42H2,1-4H3/t18-,28-/m0/s1. The summed E-state index contributed by atoms with van der Waals surface area (Å²) in [5.41, 5.74) is 3.15. The van der Waals surface area contributed by atoms with Crippen molar-refractivity contribution in [1.29, 1.82) is 5.26 Å². The Balaban J connectivity index is 2.19. The lowest BCUT2D eigenvalue weighted by atomic mass is 9.91. The summed E-state index contributed by atoms with van der Waals surface area (Å²) in [6, 6.07) is 6.42. The smallest absolute Gasteiger partial charge is 0.416 e. The van der Waals surface area contributed by atoms with Crippen LogP contribution >= 0.6 is 0 Å². The number of hydrogen-bond donors (Lipinski definition) is 1. The Morgan fingerprint density at radius 3 is 1.87 bits per heavy atom. The molecule has 0 fully saturated rings. The number of nitriles is 1. The molecule has 0 saturated carbocycles. The van der Waals surface area contributed by atoms with Crippen molar-refractivity contribution >= 4 is 6.34 Å². The molecule has 0 aliphatic carbocycles. The SMILES string of the molecule is COc1ccc(C(C)C)cc1-c1ccc(C(F)(F)F)cc1CN(C=NC#N)[C@@H](C)[C@H](N)c1cc(C(F)(F)F)cc(C(F)(F)F)c1. The molecule has 0 spiro atoms. The minimum Gasteiger partial charge on any atom is -0.496 e. The Morgan fingerprint density at radius 1 is 0.800 bits per heavy atom. The zero-order chi connectivity index (χ0) is 33.9. The number of hydrogen-bond acceptors (Lipinski definition) is 4. The fraction of sp³-hybridized carbons (Fsp3) is 0.355. The van der Waals surface area contributed by atoms with Crippen LogP contribution in [0.2, 0.25) is 0 Å². The second kappa shape index (κ2) is 13.4. The summed E-state index contributed by atoms with van der Waals surface area (Å²) < 4.78 is 128. The molecule has 0 aliphatic heterocycles. The Bertz CT molecular complexity index is 1540. The molecule has 0 aromatic heterocycles. The molecule has 242 valence electrons. The van der Waals surface area contributed by atoms with Crippen LogP contribution in [-0.2, 0) is 25.1 Å². The highest BCUT2D eigenvalue weighted by atomic mass is 19.4. The molecule has 0 amide bonds. The van der Waals surface area contributed by atoms with Gasteiger partial charge in [-0.25, -0.2) is 0 Å². The second-order valence-corrected chi connectivity index (χ2v) is 10.6. The van der Waals surface area contributed by atoms with E-state index in [1.54, 1.807) is 18.2 Å². The van der Waals surface area contributed by atoms with Crippen molar-refractivity contribution < 1.29 is 44.3 Å². The monoisotopic (exact) mass is 644 g/mol. The molecule has 2 atom stereocenters. The first-order valence-corrected chi connectivity index (χ1v) is 13.4. The average Bonchev–Trinajstić information content (AvgIpc) is 2.96. The molecular weight excluding hydrogens is 615 g/mol. The van der Waals surface area contributed by atoms with Crippen LogP contribution < -0.4 is 10.5 Å². The highest BCUT2D eigenvalue weighted by Gasteiger charge is 2.38. The number of alkyl halides is 9. The van der Waals surface area contributed by atoms with Crippen LogP contribution in [0.15, 0.2) is 59.6 Å². The van der Waals surface area contributed by atoms with E-state index >= 15 is 0 Å². The third-order valence-electron chi connectivity index (χ3n) is 7.27. The van der Waals surface area contributed by atoms with Gasteiger partial charge in [0.1, 0.15) is 12.1 Å². The molecule has 0 heterocycles. The lowest BCUT2D eigenvalue weighted by molar-refractivity contribution is -0.143. The average molecular weight is 645 g/mol. The molecule has 0 aliphatic rings.